The molecule has 0 heterocycles. The van der Waals surface area contributed by atoms with Crippen molar-refractivity contribution in [2.45, 2.75) is 0 Å². The van der Waals surface area contributed by atoms with Crippen LogP contribution < -0.4 is 5.73 Å². The van der Waals surface area contributed by atoms with E-state index < -0.39 is 5.97 Å². The van der Waals surface area contributed by atoms with Gasteiger partial charge in [-0.05, 0) is 17.7 Å². The third kappa shape index (κ3) is 2.34. The highest BCUT2D eigenvalue weighted by molar-refractivity contribution is 5.94. The number of hydrogen-bond acceptors (Lipinski definition) is 3. The molecule has 0 radical (unpaired) electrons. The van der Waals surface area contributed by atoms with Gasteiger partial charge in [-0.3, -0.25) is 0 Å². The molecule has 14 heavy (non-hydrogen) atoms. The molecule has 0 fully saturated rings. The molecule has 4 nitrogen and oxygen atoms in total. The Labute approximate surface area is 81.3 Å². The Morgan fingerprint density at radius 3 is 2.79 bits per heavy atom. The maximum Gasteiger partial charge on any atom is 0.337 e. The van der Waals surface area contributed by atoms with Crippen molar-refractivity contribution in [2.24, 2.45) is 0 Å². The quantitative estimate of drug-likeness (QED) is 0.624. The van der Waals surface area contributed by atoms with Crippen molar-refractivity contribution in [1.29, 1.82) is 0 Å². The van der Waals surface area contributed by atoms with Gasteiger partial charge in [-0.1, -0.05) is 18.2 Å². The van der Waals surface area contributed by atoms with Crippen LogP contribution in [0.15, 0.2) is 24.3 Å². The third-order valence-electron chi connectivity index (χ3n) is 1.72. The summed E-state index contributed by atoms with van der Waals surface area (Å²) in [7, 11) is 0. The van der Waals surface area contributed by atoms with Crippen molar-refractivity contribution in [3.63, 3.8) is 0 Å². The van der Waals surface area contributed by atoms with E-state index in [-0.39, 0.29) is 17.9 Å². The Morgan fingerprint density at radius 1 is 1.50 bits per heavy atom. The molecule has 0 bridgehead atoms. The van der Waals surface area contributed by atoms with E-state index in [1.807, 2.05) is 0 Å². The van der Waals surface area contributed by atoms with Gasteiger partial charge in [0, 0.05) is 5.69 Å². The molecule has 4 heteroatoms. The lowest BCUT2D eigenvalue weighted by molar-refractivity contribution is 0.0698. The predicted molar refractivity (Wildman–Crippen MR) is 53.9 cm³/mol. The molecule has 1 rings (SSSR count). The van der Waals surface area contributed by atoms with E-state index in [2.05, 4.69) is 0 Å². The van der Waals surface area contributed by atoms with Gasteiger partial charge in [0.25, 0.3) is 0 Å². The van der Waals surface area contributed by atoms with Crippen molar-refractivity contribution in [2.75, 3.05) is 12.3 Å². The molecule has 0 atom stereocenters. The van der Waals surface area contributed by atoms with E-state index in [1.54, 1.807) is 12.1 Å². The first kappa shape index (κ1) is 10.3. The largest absolute Gasteiger partial charge is 0.478 e. The van der Waals surface area contributed by atoms with Gasteiger partial charge in [-0.2, -0.15) is 0 Å². The van der Waals surface area contributed by atoms with Gasteiger partial charge in [0.1, 0.15) is 0 Å². The maximum absolute atomic E-state index is 10.7. The predicted octanol–water partition coefficient (Wildman–Crippen LogP) is 0.973. The smallest absolute Gasteiger partial charge is 0.337 e. The number of aromatic carboxylic acids is 1. The lowest BCUT2D eigenvalue weighted by atomic mass is 10.1. The van der Waals surface area contributed by atoms with Crippen molar-refractivity contribution in [3.8, 4) is 0 Å². The second-order valence-electron chi connectivity index (χ2n) is 2.74. The van der Waals surface area contributed by atoms with Gasteiger partial charge in [0.05, 0.1) is 12.2 Å². The molecule has 0 amide bonds. The zero-order valence-corrected chi connectivity index (χ0v) is 7.47. The fourth-order valence-corrected chi connectivity index (χ4v) is 1.05. The number of nitrogen functional groups attached to an aromatic ring is 1. The number of carbonyl (C=O) groups is 1. The van der Waals surface area contributed by atoms with Crippen LogP contribution in [-0.2, 0) is 0 Å². The topological polar surface area (TPSA) is 83.5 Å². The highest BCUT2D eigenvalue weighted by Gasteiger charge is 2.06. The molecule has 0 aromatic heterocycles. The summed E-state index contributed by atoms with van der Waals surface area (Å²) in [5.41, 5.74) is 6.47. The van der Waals surface area contributed by atoms with Crippen LogP contribution in [0.3, 0.4) is 0 Å². The summed E-state index contributed by atoms with van der Waals surface area (Å²) in [5, 5.41) is 17.3. The van der Waals surface area contributed by atoms with Gasteiger partial charge in [0.2, 0.25) is 0 Å². The molecule has 0 aliphatic carbocycles. The highest BCUT2D eigenvalue weighted by Crippen LogP contribution is 2.15. The molecule has 1 aromatic rings. The Balaban J connectivity index is 3.06. The van der Waals surface area contributed by atoms with Crippen LogP contribution in [0.2, 0.25) is 0 Å². The Bertz CT molecular complexity index is 372. The van der Waals surface area contributed by atoms with Crippen molar-refractivity contribution >= 4 is 17.7 Å². The Kier molecular flexibility index (Phi) is 3.25. The average molecular weight is 193 g/mol. The number of anilines is 1. The lowest BCUT2D eigenvalue weighted by Gasteiger charge is -2.01. The summed E-state index contributed by atoms with van der Waals surface area (Å²) in [5.74, 6) is -1.05. The maximum atomic E-state index is 10.7. The zero-order valence-electron chi connectivity index (χ0n) is 7.47. The number of nitrogens with two attached hydrogens (primary N) is 1. The van der Waals surface area contributed by atoms with Crippen molar-refractivity contribution < 1.29 is 15.0 Å². The summed E-state index contributed by atoms with van der Waals surface area (Å²) in [4.78, 5) is 10.7. The zero-order chi connectivity index (χ0) is 10.6. The monoisotopic (exact) mass is 193 g/mol. The van der Waals surface area contributed by atoms with Crippen LogP contribution in [0.1, 0.15) is 15.9 Å². The second kappa shape index (κ2) is 4.43. The number of aliphatic hydroxyl groups is 1. The molecule has 74 valence electrons. The number of aliphatic hydroxyl groups excluding tert-OH is 1. The first-order chi connectivity index (χ1) is 6.65. The van der Waals surface area contributed by atoms with Gasteiger partial charge >= 0.3 is 5.97 Å². The van der Waals surface area contributed by atoms with Gasteiger partial charge in [-0.15, -0.1) is 0 Å². The molecule has 1 aromatic carbocycles. The van der Waals surface area contributed by atoms with E-state index in [1.165, 1.54) is 18.2 Å². The minimum atomic E-state index is -1.05. The number of carboxylic acids is 1. The normalized spacial score (nSPS) is 10.6. The highest BCUT2D eigenvalue weighted by atomic mass is 16.4. The van der Waals surface area contributed by atoms with Gasteiger partial charge in [0.15, 0.2) is 0 Å². The SMILES string of the molecule is Nc1ccc(C=CCO)cc1C(=O)O. The second-order valence-corrected chi connectivity index (χ2v) is 2.74. The van der Waals surface area contributed by atoms with Crippen LogP contribution in [0.25, 0.3) is 6.08 Å². The molecule has 0 spiro atoms. The van der Waals surface area contributed by atoms with E-state index in [0.717, 1.165) is 0 Å². The number of carboxylic acid groups (broad SMARTS) is 1. The van der Waals surface area contributed by atoms with Crippen LogP contribution in [-0.4, -0.2) is 22.8 Å². The van der Waals surface area contributed by atoms with Crippen LogP contribution >= 0.6 is 0 Å². The fourth-order valence-electron chi connectivity index (χ4n) is 1.05. The lowest BCUT2D eigenvalue weighted by Crippen LogP contribution is -2.02. The fraction of sp³-hybridized carbons (Fsp3) is 0.100. The Hall–Kier alpha value is -1.81. The van der Waals surface area contributed by atoms with E-state index in [0.29, 0.717) is 5.56 Å². The summed E-state index contributed by atoms with van der Waals surface area (Å²) >= 11 is 0. The molecule has 4 N–H and O–H groups in total. The third-order valence-corrected chi connectivity index (χ3v) is 1.72. The van der Waals surface area contributed by atoms with E-state index in [9.17, 15) is 4.79 Å². The Morgan fingerprint density at radius 2 is 2.21 bits per heavy atom. The minimum absolute atomic E-state index is 0.0742. The van der Waals surface area contributed by atoms with Crippen LogP contribution in [0.4, 0.5) is 5.69 Å². The van der Waals surface area contributed by atoms with Gasteiger partial charge < -0.3 is 15.9 Å². The summed E-state index contributed by atoms with van der Waals surface area (Å²) in [6.07, 6.45) is 3.16. The van der Waals surface area contributed by atoms with Gasteiger partial charge in [-0.25, -0.2) is 4.79 Å². The first-order valence-electron chi connectivity index (χ1n) is 4.05. The van der Waals surface area contributed by atoms with E-state index >= 15 is 0 Å². The van der Waals surface area contributed by atoms with Crippen LogP contribution in [0.5, 0.6) is 0 Å². The molecular weight excluding hydrogens is 182 g/mol. The summed E-state index contributed by atoms with van der Waals surface area (Å²) in [6.45, 7) is -0.0766. The summed E-state index contributed by atoms with van der Waals surface area (Å²) in [6, 6.07) is 4.68. The van der Waals surface area contributed by atoms with Crippen molar-refractivity contribution in [3.05, 3.63) is 35.4 Å². The van der Waals surface area contributed by atoms with Crippen LogP contribution in [0, 0.1) is 0 Å². The molecule has 0 saturated heterocycles. The molecule has 0 unspecified atom stereocenters. The first-order valence-corrected chi connectivity index (χ1v) is 4.05. The van der Waals surface area contributed by atoms with Crippen molar-refractivity contribution in [1.82, 2.24) is 0 Å². The number of hydrogen-bond donors (Lipinski definition) is 3. The molecule has 0 saturated carbocycles. The van der Waals surface area contributed by atoms with E-state index in [4.69, 9.17) is 15.9 Å². The molecule has 0 aliphatic heterocycles. The standard InChI is InChI=1S/C10H11NO3/c11-9-4-3-7(2-1-5-12)6-8(9)10(13)14/h1-4,6,12H,5,11H2,(H,13,14). The summed E-state index contributed by atoms with van der Waals surface area (Å²) < 4.78 is 0. The number of benzene rings is 1. The number of rotatable bonds is 3. The minimum Gasteiger partial charge on any atom is -0.478 e. The molecular formula is C10H11NO3. The molecule has 0 aliphatic rings. The average Bonchev–Trinajstić information content (AvgIpc) is 2.16.